The van der Waals surface area contributed by atoms with Crippen molar-refractivity contribution in [3.8, 4) is 0 Å². The topological polar surface area (TPSA) is 91.9 Å². The molecule has 1 amide bonds. The number of H-pyrrole nitrogens is 1. The summed E-state index contributed by atoms with van der Waals surface area (Å²) >= 11 is 0. The average Bonchev–Trinajstić information content (AvgIpc) is 3.13. The Hall–Kier alpha value is -2.10. The van der Waals surface area contributed by atoms with E-state index in [9.17, 15) is 26.4 Å². The summed E-state index contributed by atoms with van der Waals surface area (Å²) in [5, 5.41) is 2.33. The second-order valence-corrected chi connectivity index (χ2v) is 7.86. The molecule has 0 spiro atoms. The summed E-state index contributed by atoms with van der Waals surface area (Å²) in [6.07, 6.45) is -3.07. The number of sulfone groups is 1. The maximum absolute atomic E-state index is 12.7. The number of anilines is 1. The predicted molar refractivity (Wildman–Crippen MR) is 76.5 cm³/mol. The Morgan fingerprint density at radius 3 is 2.52 bits per heavy atom. The molecule has 1 heterocycles. The van der Waals surface area contributed by atoms with Crippen molar-refractivity contribution >= 4 is 32.7 Å². The van der Waals surface area contributed by atoms with Crippen molar-refractivity contribution in [1.29, 1.82) is 0 Å². The van der Waals surface area contributed by atoms with E-state index in [0.717, 1.165) is 18.4 Å². The van der Waals surface area contributed by atoms with Crippen LogP contribution in [0, 0.1) is 0 Å². The molecule has 1 aromatic heterocycles. The molecule has 0 saturated heterocycles. The third-order valence-electron chi connectivity index (χ3n) is 3.87. The first-order valence-corrected chi connectivity index (χ1v) is 8.50. The zero-order valence-corrected chi connectivity index (χ0v) is 12.7. The van der Waals surface area contributed by atoms with Crippen molar-refractivity contribution < 1.29 is 26.4 Å². The summed E-state index contributed by atoms with van der Waals surface area (Å²) in [7, 11) is -3.57. The number of carbonyl (C=O) groups is 1. The fraction of sp³-hybridized carbons (Fsp3) is 0.385. The monoisotopic (exact) mass is 347 g/mol. The van der Waals surface area contributed by atoms with Gasteiger partial charge in [-0.05, 0) is 31.0 Å². The lowest BCUT2D eigenvalue weighted by molar-refractivity contribution is -0.137. The molecular formula is C13H12F3N3O3S. The first kappa shape index (κ1) is 15.8. The molecule has 2 N–H and O–H groups in total. The molecule has 1 aromatic carbocycles. The van der Waals surface area contributed by atoms with Crippen LogP contribution in [0.4, 0.5) is 19.1 Å². The van der Waals surface area contributed by atoms with Gasteiger partial charge in [0.15, 0.2) is 14.6 Å². The van der Waals surface area contributed by atoms with Crippen molar-refractivity contribution in [2.75, 3.05) is 11.6 Å². The van der Waals surface area contributed by atoms with Crippen molar-refractivity contribution in [2.24, 2.45) is 0 Å². The highest BCUT2D eigenvalue weighted by atomic mass is 32.2. The van der Waals surface area contributed by atoms with Crippen LogP contribution in [0.15, 0.2) is 18.2 Å². The third-order valence-corrected chi connectivity index (χ3v) is 5.88. The molecular weight excluding hydrogens is 335 g/mol. The van der Waals surface area contributed by atoms with Crippen LogP contribution in [-0.4, -0.2) is 35.3 Å². The lowest BCUT2D eigenvalue weighted by Crippen LogP contribution is -2.37. The first-order chi connectivity index (χ1) is 10.5. The lowest BCUT2D eigenvalue weighted by atomic mass is 10.2. The van der Waals surface area contributed by atoms with E-state index in [2.05, 4.69) is 15.3 Å². The van der Waals surface area contributed by atoms with Crippen LogP contribution in [0.3, 0.4) is 0 Å². The SMILES string of the molecule is CS(=O)(=O)C1(C(=O)Nc2nc3ccc(C(F)(F)F)cc3[nH]2)CC1. The Labute approximate surface area is 129 Å². The smallest absolute Gasteiger partial charge is 0.324 e. The molecule has 0 radical (unpaired) electrons. The highest BCUT2D eigenvalue weighted by molar-refractivity contribution is 7.93. The molecule has 23 heavy (non-hydrogen) atoms. The van der Waals surface area contributed by atoms with E-state index in [1.54, 1.807) is 0 Å². The lowest BCUT2D eigenvalue weighted by Gasteiger charge is -2.11. The number of benzene rings is 1. The van der Waals surface area contributed by atoms with Gasteiger partial charge >= 0.3 is 6.18 Å². The number of alkyl halides is 3. The minimum Gasteiger partial charge on any atom is -0.324 e. The van der Waals surface area contributed by atoms with Crippen molar-refractivity contribution in [2.45, 2.75) is 23.8 Å². The number of aromatic nitrogens is 2. The van der Waals surface area contributed by atoms with Crippen molar-refractivity contribution in [3.63, 3.8) is 0 Å². The van der Waals surface area contributed by atoms with E-state index in [0.29, 0.717) is 0 Å². The predicted octanol–water partition coefficient (Wildman–Crippen LogP) is 2.10. The van der Waals surface area contributed by atoms with E-state index in [1.807, 2.05) is 0 Å². The summed E-state index contributed by atoms with van der Waals surface area (Å²) < 4.78 is 59.8. The van der Waals surface area contributed by atoms with E-state index >= 15 is 0 Å². The van der Waals surface area contributed by atoms with Gasteiger partial charge in [0, 0.05) is 6.26 Å². The zero-order valence-electron chi connectivity index (χ0n) is 11.9. The molecule has 2 aromatic rings. The summed E-state index contributed by atoms with van der Waals surface area (Å²) in [6.45, 7) is 0. The van der Waals surface area contributed by atoms with E-state index in [4.69, 9.17) is 0 Å². The van der Waals surface area contributed by atoms with Gasteiger partial charge in [0.2, 0.25) is 11.9 Å². The van der Waals surface area contributed by atoms with Gasteiger partial charge in [-0.3, -0.25) is 10.1 Å². The molecule has 1 aliphatic rings. The fourth-order valence-corrected chi connectivity index (χ4v) is 3.58. The number of hydrogen-bond acceptors (Lipinski definition) is 4. The molecule has 0 aliphatic heterocycles. The van der Waals surface area contributed by atoms with Gasteiger partial charge in [-0.25, -0.2) is 13.4 Å². The van der Waals surface area contributed by atoms with Crippen LogP contribution in [0.5, 0.6) is 0 Å². The van der Waals surface area contributed by atoms with Gasteiger partial charge in [-0.1, -0.05) is 0 Å². The minimum atomic E-state index is -4.49. The van der Waals surface area contributed by atoms with Gasteiger partial charge in [-0.2, -0.15) is 13.2 Å². The first-order valence-electron chi connectivity index (χ1n) is 6.61. The summed E-state index contributed by atoms with van der Waals surface area (Å²) in [5.41, 5.74) is -0.516. The Morgan fingerprint density at radius 2 is 2.00 bits per heavy atom. The number of amides is 1. The summed E-state index contributed by atoms with van der Waals surface area (Å²) in [5.74, 6) is -0.811. The van der Waals surface area contributed by atoms with E-state index in [1.165, 1.54) is 6.07 Å². The van der Waals surface area contributed by atoms with Gasteiger partial charge in [0.25, 0.3) is 0 Å². The molecule has 0 atom stereocenters. The maximum Gasteiger partial charge on any atom is 0.416 e. The molecule has 0 bridgehead atoms. The Balaban J connectivity index is 1.89. The van der Waals surface area contributed by atoms with E-state index < -0.39 is 32.2 Å². The maximum atomic E-state index is 12.7. The summed E-state index contributed by atoms with van der Waals surface area (Å²) in [6, 6.07) is 2.93. The van der Waals surface area contributed by atoms with Gasteiger partial charge in [0.1, 0.15) is 0 Å². The van der Waals surface area contributed by atoms with Gasteiger partial charge < -0.3 is 4.98 Å². The number of nitrogens with one attached hydrogen (secondary N) is 2. The Morgan fingerprint density at radius 1 is 1.35 bits per heavy atom. The Kier molecular flexibility index (Phi) is 3.22. The molecule has 3 rings (SSSR count). The fourth-order valence-electron chi connectivity index (χ4n) is 2.35. The van der Waals surface area contributed by atoms with Gasteiger partial charge in [-0.15, -0.1) is 0 Å². The second-order valence-electron chi connectivity index (χ2n) is 5.54. The third kappa shape index (κ3) is 2.67. The largest absolute Gasteiger partial charge is 0.416 e. The van der Waals surface area contributed by atoms with Crippen molar-refractivity contribution in [1.82, 2.24) is 9.97 Å². The number of fused-ring (bicyclic) bond motifs is 1. The van der Waals surface area contributed by atoms with E-state index in [-0.39, 0.29) is 29.8 Å². The van der Waals surface area contributed by atoms with Crippen LogP contribution >= 0.6 is 0 Å². The molecule has 1 saturated carbocycles. The number of carbonyl (C=O) groups excluding carboxylic acids is 1. The Bertz CT molecular complexity index is 898. The zero-order chi connectivity index (χ0) is 17.0. The molecule has 124 valence electrons. The van der Waals surface area contributed by atoms with Crippen LogP contribution in [0.1, 0.15) is 18.4 Å². The van der Waals surface area contributed by atoms with Crippen LogP contribution in [0.25, 0.3) is 11.0 Å². The molecule has 1 fully saturated rings. The number of halogens is 3. The van der Waals surface area contributed by atoms with Crippen LogP contribution < -0.4 is 5.32 Å². The number of hydrogen-bond donors (Lipinski definition) is 2. The molecule has 10 heteroatoms. The summed E-state index contributed by atoms with van der Waals surface area (Å²) in [4.78, 5) is 18.6. The highest BCUT2D eigenvalue weighted by Crippen LogP contribution is 2.44. The normalized spacial score (nSPS) is 17.2. The molecule has 6 nitrogen and oxygen atoms in total. The average molecular weight is 347 g/mol. The number of rotatable bonds is 3. The highest BCUT2D eigenvalue weighted by Gasteiger charge is 2.58. The molecule has 1 aliphatic carbocycles. The number of aromatic amines is 1. The quantitative estimate of drug-likeness (QED) is 0.889. The van der Waals surface area contributed by atoms with Crippen LogP contribution in [0.2, 0.25) is 0 Å². The number of nitrogens with zero attached hydrogens (tertiary/aromatic N) is 1. The second kappa shape index (κ2) is 4.70. The van der Waals surface area contributed by atoms with Gasteiger partial charge in [0.05, 0.1) is 16.6 Å². The standard InChI is InChI=1S/C13H12F3N3O3S/c1-23(21,22)12(4-5-12)10(20)19-11-17-8-3-2-7(13(14,15)16)6-9(8)18-11/h2-3,6H,4-5H2,1H3,(H2,17,18,19,20). The van der Waals surface area contributed by atoms with Crippen molar-refractivity contribution in [3.05, 3.63) is 23.8 Å². The minimum absolute atomic E-state index is 0.0840. The van der Waals surface area contributed by atoms with Crippen LogP contribution in [-0.2, 0) is 20.8 Å². The number of imidazole rings is 1. The molecule has 0 unspecified atom stereocenters.